The predicted molar refractivity (Wildman–Crippen MR) is 167 cm³/mol. The van der Waals surface area contributed by atoms with Gasteiger partial charge in [0.1, 0.15) is 17.5 Å². The first kappa shape index (κ1) is 31.2. The van der Waals surface area contributed by atoms with Crippen LogP contribution in [-0.2, 0) is 16.1 Å². The van der Waals surface area contributed by atoms with Crippen molar-refractivity contribution in [3.05, 3.63) is 71.0 Å². The van der Waals surface area contributed by atoms with Crippen molar-refractivity contribution in [2.45, 2.75) is 51.8 Å². The van der Waals surface area contributed by atoms with E-state index in [0.717, 1.165) is 52.0 Å². The highest BCUT2D eigenvalue weighted by atomic mass is 19.1. The number of aliphatic hydroxyl groups excluding tert-OH is 1. The fourth-order valence-electron chi connectivity index (χ4n) is 6.26. The summed E-state index contributed by atoms with van der Waals surface area (Å²) in [5.41, 5.74) is 6.00. The Balaban J connectivity index is 1.42. The number of amides is 4. The summed E-state index contributed by atoms with van der Waals surface area (Å²) in [7, 11) is 4.45. The van der Waals surface area contributed by atoms with Crippen molar-refractivity contribution < 1.29 is 28.6 Å². The van der Waals surface area contributed by atoms with E-state index in [1.165, 1.54) is 25.1 Å². The van der Waals surface area contributed by atoms with E-state index in [0.29, 0.717) is 22.6 Å². The number of carbonyl (C=O) groups excluding carboxylic acids is 3. The van der Waals surface area contributed by atoms with E-state index < -0.39 is 29.9 Å². The standard InChI is InChI=1S/C34H39FN4O5/c1-19-22(21-15-27(35)25(31(16-21)44-5)17-36-29-13-8-14-30(29)40)9-6-10-23(19)24-11-7-12-28(20(24)2)37-32(41)26-18-38(3)34(43)39(4)33(26)42/h6-7,9-12,15-16,26,29-30,36,40H,8,13-14,17-18H2,1-5H3,(H,37,41)/t26?,29-,30-/m1/s1. The quantitative estimate of drug-likeness (QED) is 0.318. The van der Waals surface area contributed by atoms with Gasteiger partial charge in [0.25, 0.3) is 0 Å². The van der Waals surface area contributed by atoms with Gasteiger partial charge < -0.3 is 25.4 Å². The number of aliphatic hydroxyl groups is 1. The second-order valence-corrected chi connectivity index (χ2v) is 11.7. The normalized spacial score (nSPS) is 20.3. The molecule has 1 unspecified atom stereocenters. The molecule has 232 valence electrons. The summed E-state index contributed by atoms with van der Waals surface area (Å²) in [6.45, 7) is 4.13. The molecule has 2 fully saturated rings. The molecule has 3 atom stereocenters. The maximum Gasteiger partial charge on any atom is 0.326 e. The average molecular weight is 603 g/mol. The Morgan fingerprint density at radius 3 is 2.39 bits per heavy atom. The molecule has 1 saturated heterocycles. The molecule has 2 aliphatic rings. The third-order valence-corrected chi connectivity index (χ3v) is 8.94. The van der Waals surface area contributed by atoms with Crippen LogP contribution in [0.2, 0.25) is 0 Å². The summed E-state index contributed by atoms with van der Waals surface area (Å²) in [6, 6.07) is 14.2. The maximum atomic E-state index is 15.5. The summed E-state index contributed by atoms with van der Waals surface area (Å²) in [5, 5.41) is 16.3. The Bertz CT molecular complexity index is 1610. The first-order valence-corrected chi connectivity index (χ1v) is 14.8. The summed E-state index contributed by atoms with van der Waals surface area (Å²) in [5.74, 6) is -1.99. The second-order valence-electron chi connectivity index (χ2n) is 11.7. The number of rotatable bonds is 8. The van der Waals surface area contributed by atoms with Gasteiger partial charge in [0.2, 0.25) is 11.8 Å². The molecule has 1 heterocycles. The van der Waals surface area contributed by atoms with Gasteiger partial charge in [0.05, 0.1) is 13.2 Å². The summed E-state index contributed by atoms with van der Waals surface area (Å²) >= 11 is 0. The van der Waals surface area contributed by atoms with Crippen molar-refractivity contribution in [3.63, 3.8) is 0 Å². The largest absolute Gasteiger partial charge is 0.496 e. The lowest BCUT2D eigenvalue weighted by Gasteiger charge is -2.33. The number of anilines is 1. The smallest absolute Gasteiger partial charge is 0.326 e. The minimum Gasteiger partial charge on any atom is -0.496 e. The number of benzene rings is 3. The number of hydrogen-bond acceptors (Lipinski definition) is 6. The van der Waals surface area contributed by atoms with Gasteiger partial charge >= 0.3 is 6.03 Å². The Hall–Kier alpha value is -4.28. The van der Waals surface area contributed by atoms with Crippen LogP contribution >= 0.6 is 0 Å². The molecule has 4 amide bonds. The van der Waals surface area contributed by atoms with Crippen LogP contribution in [0.4, 0.5) is 14.9 Å². The molecule has 9 nitrogen and oxygen atoms in total. The number of methoxy groups -OCH3 is 1. The lowest BCUT2D eigenvalue weighted by molar-refractivity contribution is -0.140. The highest BCUT2D eigenvalue weighted by Gasteiger charge is 2.39. The van der Waals surface area contributed by atoms with E-state index in [1.54, 1.807) is 13.1 Å². The zero-order valence-electron chi connectivity index (χ0n) is 25.7. The molecule has 44 heavy (non-hydrogen) atoms. The van der Waals surface area contributed by atoms with Crippen molar-refractivity contribution in [1.82, 2.24) is 15.1 Å². The number of hydrogen-bond donors (Lipinski definition) is 3. The van der Waals surface area contributed by atoms with Crippen LogP contribution < -0.4 is 15.4 Å². The minimum absolute atomic E-state index is 0.00510. The molecule has 0 aromatic heterocycles. The predicted octanol–water partition coefficient (Wildman–Crippen LogP) is 4.87. The van der Waals surface area contributed by atoms with E-state index in [-0.39, 0.29) is 24.9 Å². The third-order valence-electron chi connectivity index (χ3n) is 8.94. The topological polar surface area (TPSA) is 111 Å². The maximum absolute atomic E-state index is 15.5. The molecule has 3 N–H and O–H groups in total. The lowest BCUT2D eigenvalue weighted by atomic mass is 9.90. The van der Waals surface area contributed by atoms with Crippen LogP contribution in [0.3, 0.4) is 0 Å². The molecule has 0 radical (unpaired) electrons. The van der Waals surface area contributed by atoms with Crippen LogP contribution in [0, 0.1) is 25.6 Å². The number of nitrogens with zero attached hydrogens (tertiary/aromatic N) is 2. The first-order chi connectivity index (χ1) is 21.0. The summed E-state index contributed by atoms with van der Waals surface area (Å²) < 4.78 is 21.1. The van der Waals surface area contributed by atoms with Gasteiger partial charge in [-0.2, -0.15) is 0 Å². The zero-order chi connectivity index (χ0) is 31.7. The molecule has 1 aliphatic heterocycles. The number of nitrogens with one attached hydrogen (secondary N) is 2. The van der Waals surface area contributed by atoms with Gasteiger partial charge in [-0.3, -0.25) is 14.5 Å². The lowest BCUT2D eigenvalue weighted by Crippen LogP contribution is -2.56. The Kier molecular flexibility index (Phi) is 9.03. The fraction of sp³-hybridized carbons (Fsp3) is 0.382. The van der Waals surface area contributed by atoms with Crippen LogP contribution in [0.5, 0.6) is 5.75 Å². The minimum atomic E-state index is -1.01. The number of imide groups is 1. The van der Waals surface area contributed by atoms with Gasteiger partial charge in [-0.15, -0.1) is 0 Å². The van der Waals surface area contributed by atoms with Crippen LogP contribution in [0.25, 0.3) is 22.3 Å². The fourth-order valence-corrected chi connectivity index (χ4v) is 6.26. The van der Waals surface area contributed by atoms with Crippen molar-refractivity contribution in [2.75, 3.05) is 33.1 Å². The SMILES string of the molecule is COc1cc(-c2cccc(-c3cccc(NC(=O)C4CN(C)C(=O)N(C)C4=O)c3C)c2C)cc(F)c1CN[C@@H]1CCC[C@H]1O. The van der Waals surface area contributed by atoms with Crippen molar-refractivity contribution in [1.29, 1.82) is 0 Å². The third kappa shape index (κ3) is 5.92. The monoisotopic (exact) mass is 602 g/mol. The van der Waals surface area contributed by atoms with E-state index in [9.17, 15) is 19.5 Å². The van der Waals surface area contributed by atoms with E-state index in [4.69, 9.17) is 4.74 Å². The van der Waals surface area contributed by atoms with Crippen molar-refractivity contribution in [2.24, 2.45) is 5.92 Å². The molecule has 1 saturated carbocycles. The van der Waals surface area contributed by atoms with Gasteiger partial charge in [0, 0.05) is 44.5 Å². The Morgan fingerprint density at radius 1 is 1.02 bits per heavy atom. The molecule has 10 heteroatoms. The second kappa shape index (κ2) is 12.8. The molecule has 3 aromatic carbocycles. The molecular formula is C34H39FN4O5. The van der Waals surface area contributed by atoms with E-state index in [1.807, 2.05) is 50.2 Å². The van der Waals surface area contributed by atoms with Crippen molar-refractivity contribution in [3.8, 4) is 28.0 Å². The molecule has 3 aromatic rings. The van der Waals surface area contributed by atoms with Gasteiger partial charge in [-0.05, 0) is 84.7 Å². The number of urea groups is 1. The van der Waals surface area contributed by atoms with Crippen molar-refractivity contribution >= 4 is 23.5 Å². The zero-order valence-corrected chi connectivity index (χ0v) is 25.7. The summed E-state index contributed by atoms with van der Waals surface area (Å²) in [4.78, 5) is 40.3. The number of halogens is 1. The van der Waals surface area contributed by atoms with Crippen LogP contribution in [-0.4, -0.2) is 72.6 Å². The molecule has 0 spiro atoms. The summed E-state index contributed by atoms with van der Waals surface area (Å²) in [6.07, 6.45) is 2.12. The van der Waals surface area contributed by atoms with E-state index >= 15 is 4.39 Å². The highest BCUT2D eigenvalue weighted by Crippen LogP contribution is 2.38. The average Bonchev–Trinajstić information content (AvgIpc) is 3.42. The number of ether oxygens (including phenoxy) is 1. The van der Waals surface area contributed by atoms with Gasteiger partial charge in [-0.25, -0.2) is 9.18 Å². The van der Waals surface area contributed by atoms with Gasteiger partial charge in [0.15, 0.2) is 0 Å². The van der Waals surface area contributed by atoms with Gasteiger partial charge in [-0.1, -0.05) is 30.3 Å². The molecular weight excluding hydrogens is 563 g/mol. The first-order valence-electron chi connectivity index (χ1n) is 14.8. The molecule has 0 bridgehead atoms. The highest BCUT2D eigenvalue weighted by molar-refractivity contribution is 6.12. The van der Waals surface area contributed by atoms with Crippen LogP contribution in [0.15, 0.2) is 48.5 Å². The van der Waals surface area contributed by atoms with Crippen LogP contribution in [0.1, 0.15) is 36.0 Å². The number of carbonyl (C=O) groups is 3. The molecule has 1 aliphatic carbocycles. The van der Waals surface area contributed by atoms with E-state index in [2.05, 4.69) is 10.6 Å². The Morgan fingerprint density at radius 2 is 1.70 bits per heavy atom. The molecule has 5 rings (SSSR count). The Labute approximate surface area is 257 Å².